The summed E-state index contributed by atoms with van der Waals surface area (Å²) in [6.45, 7) is 16.7. The van der Waals surface area contributed by atoms with Gasteiger partial charge < -0.3 is 10.1 Å². The van der Waals surface area contributed by atoms with Crippen LogP contribution in [-0.2, 0) is 16.6 Å². The smallest absolute Gasteiger partial charge is 0.310 e. The van der Waals surface area contributed by atoms with E-state index in [1.54, 1.807) is 0 Å². The second kappa shape index (κ2) is 7.95. The number of carboxylic acids is 1. The fraction of sp³-hybridized carbons (Fsp3) is 0.781. The van der Waals surface area contributed by atoms with Crippen molar-refractivity contribution < 1.29 is 9.90 Å². The van der Waals surface area contributed by atoms with Crippen molar-refractivity contribution in [1.29, 1.82) is 0 Å². The quantitative estimate of drug-likeness (QED) is 0.261. The Morgan fingerprint density at radius 2 is 1.71 bits per heavy atom. The number of aliphatic carboxylic acids is 1. The number of rotatable bonds is 1. The van der Waals surface area contributed by atoms with Gasteiger partial charge in [0.2, 0.25) is 0 Å². The molecule has 0 aliphatic heterocycles. The number of hydrogen-bond donors (Lipinski definition) is 3. The molecule has 208 valence electrons. The molecular formula is C32H46N2O3S. The average Bonchev–Trinajstić information content (AvgIpc) is 2.82. The number of fused-ring (bicyclic) bond motifs is 8. The van der Waals surface area contributed by atoms with Crippen LogP contribution < -0.4 is 5.56 Å². The molecule has 1 aromatic rings. The number of carboxylic acid groups (broad SMARTS) is 1. The molecule has 6 heteroatoms. The van der Waals surface area contributed by atoms with Gasteiger partial charge in [-0.25, -0.2) is 0 Å². The van der Waals surface area contributed by atoms with Gasteiger partial charge in [-0.1, -0.05) is 60.1 Å². The first-order valence-corrected chi connectivity index (χ1v) is 15.3. The van der Waals surface area contributed by atoms with E-state index < -0.39 is 11.4 Å². The molecule has 0 amide bonds. The van der Waals surface area contributed by atoms with E-state index in [1.807, 2.05) is 0 Å². The van der Waals surface area contributed by atoms with Crippen molar-refractivity contribution in [2.45, 2.75) is 105 Å². The molecule has 9 atom stereocenters. The number of nitrogens with one attached hydrogen (secondary N) is 2. The molecule has 3 fully saturated rings. The lowest BCUT2D eigenvalue weighted by molar-refractivity contribution is -0.179. The Kier molecular flexibility index (Phi) is 5.55. The number of aromatic nitrogens is 2. The molecule has 3 N–H and O–H groups in total. The van der Waals surface area contributed by atoms with E-state index in [1.165, 1.54) is 5.57 Å². The van der Waals surface area contributed by atoms with E-state index in [4.69, 9.17) is 12.2 Å². The predicted molar refractivity (Wildman–Crippen MR) is 153 cm³/mol. The second-order valence-electron chi connectivity index (χ2n) is 15.3. The van der Waals surface area contributed by atoms with Crippen molar-refractivity contribution in [3.63, 3.8) is 0 Å². The third-order valence-electron chi connectivity index (χ3n) is 13.8. The first-order valence-electron chi connectivity index (χ1n) is 14.9. The number of H-pyrrole nitrogens is 2. The molecular weight excluding hydrogens is 492 g/mol. The van der Waals surface area contributed by atoms with Gasteiger partial charge in [-0.2, -0.15) is 0 Å². The van der Waals surface area contributed by atoms with Crippen LogP contribution >= 0.6 is 12.2 Å². The minimum atomic E-state index is -0.613. The summed E-state index contributed by atoms with van der Waals surface area (Å²) in [6.07, 6.45) is 10.1. The highest BCUT2D eigenvalue weighted by Crippen LogP contribution is 2.75. The molecule has 6 rings (SSSR count). The topological polar surface area (TPSA) is 85.9 Å². The number of hydrogen-bond acceptors (Lipinski definition) is 3. The Labute approximate surface area is 232 Å². The third-order valence-corrected chi connectivity index (χ3v) is 14.0. The first kappa shape index (κ1) is 26.5. The van der Waals surface area contributed by atoms with Crippen molar-refractivity contribution in [3.8, 4) is 0 Å². The molecule has 3 saturated carbocycles. The lowest BCUT2D eigenvalue weighted by Gasteiger charge is -2.70. The minimum absolute atomic E-state index is 0.0216. The lowest BCUT2D eigenvalue weighted by atomic mass is 9.33. The molecule has 9 unspecified atom stereocenters. The summed E-state index contributed by atoms with van der Waals surface area (Å²) < 4.78 is 0.420. The van der Waals surface area contributed by atoms with Crippen LogP contribution in [0.5, 0.6) is 0 Å². The van der Waals surface area contributed by atoms with E-state index in [0.717, 1.165) is 62.6 Å². The largest absolute Gasteiger partial charge is 0.481 e. The van der Waals surface area contributed by atoms with E-state index in [0.29, 0.717) is 28.4 Å². The van der Waals surface area contributed by atoms with Crippen LogP contribution in [0.25, 0.3) is 0 Å². The summed E-state index contributed by atoms with van der Waals surface area (Å²) in [5.41, 5.74) is 2.58. The fourth-order valence-corrected chi connectivity index (χ4v) is 11.6. The molecule has 0 radical (unpaired) electrons. The van der Waals surface area contributed by atoms with Crippen LogP contribution in [0, 0.1) is 56.0 Å². The SMILES string of the molecule is CC1CCC2(C(=O)O)CCC3(C)C(=CCC4C5(C)Cc6c([nH]c(=S)[nH]c6=O)C(C)(C)C5CCC43C)C2C1C. The second-order valence-corrected chi connectivity index (χ2v) is 15.7. The van der Waals surface area contributed by atoms with Gasteiger partial charge in [0.15, 0.2) is 4.77 Å². The molecule has 0 saturated heterocycles. The molecule has 0 aromatic carbocycles. The zero-order chi connectivity index (χ0) is 27.6. The maximum Gasteiger partial charge on any atom is 0.310 e. The summed E-state index contributed by atoms with van der Waals surface area (Å²) >= 11 is 5.38. The Morgan fingerprint density at radius 1 is 1.00 bits per heavy atom. The van der Waals surface area contributed by atoms with Crippen LogP contribution in [0.15, 0.2) is 16.4 Å². The van der Waals surface area contributed by atoms with Crippen LogP contribution in [0.2, 0.25) is 0 Å². The van der Waals surface area contributed by atoms with Crippen LogP contribution in [0.1, 0.15) is 105 Å². The van der Waals surface area contributed by atoms with Crippen molar-refractivity contribution in [2.75, 3.05) is 0 Å². The minimum Gasteiger partial charge on any atom is -0.481 e. The third kappa shape index (κ3) is 3.02. The normalized spacial score (nSPS) is 46.9. The Morgan fingerprint density at radius 3 is 2.39 bits per heavy atom. The number of aromatic amines is 2. The van der Waals surface area contributed by atoms with Gasteiger partial charge in [-0.05, 0) is 109 Å². The Bertz CT molecular complexity index is 1360. The van der Waals surface area contributed by atoms with E-state index in [9.17, 15) is 14.7 Å². The highest BCUT2D eigenvalue weighted by Gasteiger charge is 2.69. The van der Waals surface area contributed by atoms with Crippen LogP contribution in [0.4, 0.5) is 0 Å². The first-order chi connectivity index (χ1) is 17.6. The summed E-state index contributed by atoms with van der Waals surface area (Å²) in [7, 11) is 0. The van der Waals surface area contributed by atoms with E-state index >= 15 is 0 Å². The van der Waals surface area contributed by atoms with Gasteiger partial charge >= 0.3 is 5.97 Å². The molecule has 0 spiro atoms. The molecule has 5 nitrogen and oxygen atoms in total. The Balaban J connectivity index is 1.50. The van der Waals surface area contributed by atoms with Crippen LogP contribution in [-0.4, -0.2) is 21.0 Å². The molecule has 0 bridgehead atoms. The van der Waals surface area contributed by atoms with Gasteiger partial charge in [-0.15, -0.1) is 0 Å². The van der Waals surface area contributed by atoms with E-state index in [2.05, 4.69) is 64.5 Å². The van der Waals surface area contributed by atoms with Crippen molar-refractivity contribution in [2.24, 2.45) is 51.2 Å². The van der Waals surface area contributed by atoms with Crippen molar-refractivity contribution in [3.05, 3.63) is 38.0 Å². The summed E-state index contributed by atoms with van der Waals surface area (Å²) in [5.74, 6) is 1.35. The van der Waals surface area contributed by atoms with Gasteiger partial charge in [-0.3, -0.25) is 14.6 Å². The fourth-order valence-electron chi connectivity index (χ4n) is 11.4. The number of carbonyl (C=O) groups is 1. The van der Waals surface area contributed by atoms with Crippen molar-refractivity contribution in [1.82, 2.24) is 9.97 Å². The highest BCUT2D eigenvalue weighted by atomic mass is 32.1. The zero-order valence-electron chi connectivity index (χ0n) is 24.3. The summed E-state index contributed by atoms with van der Waals surface area (Å²) in [5, 5.41) is 10.6. The van der Waals surface area contributed by atoms with Gasteiger partial charge in [0, 0.05) is 16.7 Å². The number of allylic oxidation sites excluding steroid dienone is 2. The maximum atomic E-state index is 13.2. The average molecular weight is 539 g/mol. The van der Waals surface area contributed by atoms with Gasteiger partial charge in [0.1, 0.15) is 0 Å². The standard InChI is InChI=1S/C32H46N2O3S/c1-17-10-13-32(26(36)37)15-14-30(6)20(23(32)18(17)2)8-9-22-29(5)16-19-24(33-27(38)34-25(19)35)28(3,4)21(29)11-12-31(22,30)7/h8,17-18,21-23H,9-16H2,1-7H3,(H,36,37)(H2,33,34,35,38). The highest BCUT2D eigenvalue weighted by molar-refractivity contribution is 7.71. The summed E-state index contributed by atoms with van der Waals surface area (Å²) in [6, 6.07) is 0. The van der Waals surface area contributed by atoms with E-state index in [-0.39, 0.29) is 33.1 Å². The predicted octanol–water partition coefficient (Wildman–Crippen LogP) is 7.19. The monoisotopic (exact) mass is 538 g/mol. The van der Waals surface area contributed by atoms with Crippen molar-refractivity contribution >= 4 is 18.2 Å². The lowest BCUT2D eigenvalue weighted by Crippen LogP contribution is -2.65. The molecule has 5 aliphatic carbocycles. The van der Waals surface area contributed by atoms with Gasteiger partial charge in [0.25, 0.3) is 5.56 Å². The maximum absolute atomic E-state index is 13.2. The molecule has 38 heavy (non-hydrogen) atoms. The molecule has 1 aromatic heterocycles. The molecule has 1 heterocycles. The zero-order valence-corrected chi connectivity index (χ0v) is 25.1. The molecule has 5 aliphatic rings. The van der Waals surface area contributed by atoms with Crippen LogP contribution in [0.3, 0.4) is 0 Å². The van der Waals surface area contributed by atoms with Gasteiger partial charge in [0.05, 0.1) is 5.41 Å². The Hall–Kier alpha value is -1.69. The summed E-state index contributed by atoms with van der Waals surface area (Å²) in [4.78, 5) is 32.4.